The molecule has 0 spiro atoms. The van der Waals surface area contributed by atoms with Gasteiger partial charge in [-0.05, 0) is 26.8 Å². The lowest BCUT2D eigenvalue weighted by molar-refractivity contribution is 0.533. The zero-order valence-electron chi connectivity index (χ0n) is 9.85. The second-order valence-corrected chi connectivity index (χ2v) is 4.08. The molecule has 0 heterocycles. The second kappa shape index (κ2) is 5.75. The number of hydrogen-bond donors (Lipinski definition) is 1. The molecule has 88 valence electrons. The van der Waals surface area contributed by atoms with Crippen LogP contribution in [0.3, 0.4) is 0 Å². The van der Waals surface area contributed by atoms with E-state index in [0.717, 1.165) is 6.07 Å². The van der Waals surface area contributed by atoms with E-state index in [1.165, 1.54) is 17.7 Å². The third-order valence-electron chi connectivity index (χ3n) is 2.36. The summed E-state index contributed by atoms with van der Waals surface area (Å²) in [7, 11) is 0. The largest absolute Gasteiger partial charge is 0.307 e. The zero-order valence-corrected chi connectivity index (χ0v) is 9.85. The number of benzene rings is 1. The second-order valence-electron chi connectivity index (χ2n) is 4.08. The minimum absolute atomic E-state index is 0.129. The lowest BCUT2D eigenvalue weighted by Gasteiger charge is -2.13. The van der Waals surface area contributed by atoms with E-state index in [0.29, 0.717) is 12.1 Å². The molecule has 0 saturated heterocycles. The molecule has 3 heteroatoms. The molecule has 0 bridgehead atoms. The number of hydrogen-bond acceptors (Lipinski definition) is 1. The molecule has 0 radical (unpaired) electrons. The molecule has 1 aromatic rings. The third-order valence-corrected chi connectivity index (χ3v) is 2.36. The smallest absolute Gasteiger partial charge is 0.130 e. The Morgan fingerprint density at radius 2 is 2.06 bits per heavy atom. The fraction of sp³-hybridized carbons (Fsp3) is 0.385. The SMILES string of the molecule is CC(C)=CCNC(C)c1ccc(F)cc1F. The van der Waals surface area contributed by atoms with Gasteiger partial charge in [-0.3, -0.25) is 0 Å². The van der Waals surface area contributed by atoms with Crippen LogP contribution in [0.15, 0.2) is 29.8 Å². The highest BCUT2D eigenvalue weighted by Crippen LogP contribution is 2.17. The average Bonchev–Trinajstić information content (AvgIpc) is 2.16. The predicted octanol–water partition coefficient (Wildman–Crippen LogP) is 3.58. The first-order valence-corrected chi connectivity index (χ1v) is 5.32. The minimum Gasteiger partial charge on any atom is -0.307 e. The van der Waals surface area contributed by atoms with Crippen molar-refractivity contribution in [2.45, 2.75) is 26.8 Å². The molecular weight excluding hydrogens is 208 g/mol. The Kier molecular flexibility index (Phi) is 4.62. The molecule has 1 aromatic carbocycles. The Balaban J connectivity index is 2.66. The number of allylic oxidation sites excluding steroid dienone is 1. The van der Waals surface area contributed by atoms with Gasteiger partial charge in [0.05, 0.1) is 0 Å². The van der Waals surface area contributed by atoms with Gasteiger partial charge >= 0.3 is 0 Å². The summed E-state index contributed by atoms with van der Waals surface area (Å²) in [6.45, 7) is 6.55. The van der Waals surface area contributed by atoms with Gasteiger partial charge in [0.25, 0.3) is 0 Å². The lowest BCUT2D eigenvalue weighted by Crippen LogP contribution is -2.19. The van der Waals surface area contributed by atoms with Gasteiger partial charge in [0.2, 0.25) is 0 Å². The summed E-state index contributed by atoms with van der Waals surface area (Å²) in [4.78, 5) is 0. The molecule has 16 heavy (non-hydrogen) atoms. The topological polar surface area (TPSA) is 12.0 Å². The van der Waals surface area contributed by atoms with Crippen molar-refractivity contribution in [1.29, 1.82) is 0 Å². The van der Waals surface area contributed by atoms with E-state index in [-0.39, 0.29) is 6.04 Å². The Bertz CT molecular complexity index is 382. The summed E-state index contributed by atoms with van der Waals surface area (Å²) >= 11 is 0. The van der Waals surface area contributed by atoms with Crippen molar-refractivity contribution < 1.29 is 8.78 Å². The minimum atomic E-state index is -0.544. The number of halogens is 2. The maximum Gasteiger partial charge on any atom is 0.130 e. The van der Waals surface area contributed by atoms with Gasteiger partial charge in [-0.25, -0.2) is 8.78 Å². The van der Waals surface area contributed by atoms with Gasteiger partial charge in [-0.15, -0.1) is 0 Å². The first-order chi connectivity index (χ1) is 7.50. The van der Waals surface area contributed by atoms with Gasteiger partial charge in [-0.1, -0.05) is 17.7 Å². The highest BCUT2D eigenvalue weighted by Gasteiger charge is 2.10. The molecule has 1 N–H and O–H groups in total. The highest BCUT2D eigenvalue weighted by atomic mass is 19.1. The van der Waals surface area contributed by atoms with Gasteiger partial charge in [0.1, 0.15) is 11.6 Å². The summed E-state index contributed by atoms with van der Waals surface area (Å²) in [5.41, 5.74) is 1.70. The molecule has 1 atom stereocenters. The van der Waals surface area contributed by atoms with Crippen LogP contribution in [0.5, 0.6) is 0 Å². The van der Waals surface area contributed by atoms with Gasteiger partial charge in [-0.2, -0.15) is 0 Å². The van der Waals surface area contributed by atoms with Crippen LogP contribution < -0.4 is 5.32 Å². The van der Waals surface area contributed by atoms with Crippen LogP contribution in [0.25, 0.3) is 0 Å². The standard InChI is InChI=1S/C13H17F2N/c1-9(2)6-7-16-10(3)12-5-4-11(14)8-13(12)15/h4-6,8,10,16H,7H2,1-3H3. The monoisotopic (exact) mass is 225 g/mol. The normalized spacial score (nSPS) is 12.3. The van der Waals surface area contributed by atoms with Crippen molar-refractivity contribution in [3.05, 3.63) is 47.0 Å². The molecule has 1 rings (SSSR count). The third kappa shape index (κ3) is 3.74. The summed E-state index contributed by atoms with van der Waals surface area (Å²) < 4.78 is 26.1. The van der Waals surface area contributed by atoms with Crippen LogP contribution in [0, 0.1) is 11.6 Å². The predicted molar refractivity (Wildman–Crippen MR) is 62.2 cm³/mol. The Labute approximate surface area is 95.2 Å². The molecule has 0 saturated carbocycles. The van der Waals surface area contributed by atoms with E-state index >= 15 is 0 Å². The van der Waals surface area contributed by atoms with E-state index in [4.69, 9.17) is 0 Å². The molecule has 0 aromatic heterocycles. The molecule has 0 amide bonds. The molecule has 0 aliphatic rings. The quantitative estimate of drug-likeness (QED) is 0.772. The van der Waals surface area contributed by atoms with Crippen LogP contribution in [-0.2, 0) is 0 Å². The van der Waals surface area contributed by atoms with Crippen molar-refractivity contribution in [3.8, 4) is 0 Å². The van der Waals surface area contributed by atoms with Crippen molar-refractivity contribution >= 4 is 0 Å². The van der Waals surface area contributed by atoms with Crippen molar-refractivity contribution in [1.82, 2.24) is 5.32 Å². The van der Waals surface area contributed by atoms with Gasteiger partial charge in [0.15, 0.2) is 0 Å². The van der Waals surface area contributed by atoms with Crippen LogP contribution in [0.4, 0.5) is 8.78 Å². The summed E-state index contributed by atoms with van der Waals surface area (Å²) in [6.07, 6.45) is 2.03. The van der Waals surface area contributed by atoms with E-state index in [9.17, 15) is 8.78 Å². The summed E-state index contributed by atoms with van der Waals surface area (Å²) in [5.74, 6) is -1.05. The molecule has 0 aliphatic heterocycles. The van der Waals surface area contributed by atoms with Crippen LogP contribution >= 0.6 is 0 Å². The van der Waals surface area contributed by atoms with E-state index in [1.54, 1.807) is 0 Å². The fourth-order valence-electron chi connectivity index (χ4n) is 1.40. The van der Waals surface area contributed by atoms with E-state index < -0.39 is 11.6 Å². The van der Waals surface area contributed by atoms with E-state index in [2.05, 4.69) is 5.32 Å². The lowest BCUT2D eigenvalue weighted by atomic mass is 10.1. The maximum atomic E-state index is 13.4. The summed E-state index contributed by atoms with van der Waals surface area (Å²) in [6, 6.07) is 3.53. The number of nitrogens with one attached hydrogen (secondary N) is 1. The van der Waals surface area contributed by atoms with Crippen LogP contribution in [0.2, 0.25) is 0 Å². The highest BCUT2D eigenvalue weighted by molar-refractivity contribution is 5.21. The molecule has 0 fully saturated rings. The molecular formula is C13H17F2N. The molecule has 1 nitrogen and oxygen atoms in total. The van der Waals surface area contributed by atoms with Crippen molar-refractivity contribution in [2.75, 3.05) is 6.54 Å². The Morgan fingerprint density at radius 3 is 2.62 bits per heavy atom. The van der Waals surface area contributed by atoms with E-state index in [1.807, 2.05) is 26.8 Å². The first kappa shape index (κ1) is 12.8. The van der Waals surface area contributed by atoms with Crippen LogP contribution in [-0.4, -0.2) is 6.54 Å². The van der Waals surface area contributed by atoms with Crippen LogP contribution in [0.1, 0.15) is 32.4 Å². The molecule has 1 unspecified atom stereocenters. The summed E-state index contributed by atoms with van der Waals surface area (Å²) in [5, 5.41) is 3.15. The first-order valence-electron chi connectivity index (χ1n) is 5.32. The number of rotatable bonds is 4. The zero-order chi connectivity index (χ0) is 12.1. The van der Waals surface area contributed by atoms with Gasteiger partial charge in [0, 0.05) is 24.2 Å². The fourth-order valence-corrected chi connectivity index (χ4v) is 1.40. The molecule has 0 aliphatic carbocycles. The average molecular weight is 225 g/mol. The Hall–Kier alpha value is -1.22. The van der Waals surface area contributed by atoms with Crippen molar-refractivity contribution in [2.24, 2.45) is 0 Å². The van der Waals surface area contributed by atoms with Gasteiger partial charge < -0.3 is 5.32 Å². The van der Waals surface area contributed by atoms with Crippen molar-refractivity contribution in [3.63, 3.8) is 0 Å². The maximum absolute atomic E-state index is 13.4. The Morgan fingerprint density at radius 1 is 1.38 bits per heavy atom.